The number of aromatic nitrogens is 1. The number of benzene rings is 1. The van der Waals surface area contributed by atoms with Gasteiger partial charge in [-0.25, -0.2) is 0 Å². The molecule has 34 heavy (non-hydrogen) atoms. The van der Waals surface area contributed by atoms with Crippen molar-refractivity contribution in [2.24, 2.45) is 5.92 Å². The van der Waals surface area contributed by atoms with Gasteiger partial charge in [0.1, 0.15) is 18.6 Å². The Morgan fingerprint density at radius 2 is 1.91 bits per heavy atom. The van der Waals surface area contributed by atoms with Crippen molar-refractivity contribution in [2.75, 3.05) is 13.1 Å². The molecule has 0 aliphatic carbocycles. The van der Waals surface area contributed by atoms with Crippen molar-refractivity contribution >= 4 is 34.6 Å². The second-order valence-electron chi connectivity index (χ2n) is 8.76. The summed E-state index contributed by atoms with van der Waals surface area (Å²) in [5.41, 5.74) is 1.79. The second kappa shape index (κ2) is 11.6. The summed E-state index contributed by atoms with van der Waals surface area (Å²) < 4.78 is 0. The van der Waals surface area contributed by atoms with E-state index in [1.54, 1.807) is 6.92 Å². The van der Waals surface area contributed by atoms with Crippen LogP contribution in [0, 0.1) is 5.92 Å². The number of carboxylic acid groups (broad SMARTS) is 1. The van der Waals surface area contributed by atoms with Crippen LogP contribution in [0.5, 0.6) is 0 Å². The van der Waals surface area contributed by atoms with Gasteiger partial charge >= 0.3 is 5.97 Å². The smallest absolute Gasteiger partial charge is 0.322 e. The lowest BCUT2D eigenvalue weighted by molar-refractivity contribution is -0.139. The molecule has 1 aliphatic rings. The minimum absolute atomic E-state index is 0.234. The maximum atomic E-state index is 13.4. The van der Waals surface area contributed by atoms with Gasteiger partial charge in [-0.1, -0.05) is 38.5 Å². The average Bonchev–Trinajstić information content (AvgIpc) is 3.50. The molecule has 1 aromatic carbocycles. The van der Waals surface area contributed by atoms with Crippen LogP contribution in [0.25, 0.3) is 10.9 Å². The van der Waals surface area contributed by atoms with Crippen molar-refractivity contribution in [3.05, 3.63) is 36.0 Å². The second-order valence-corrected chi connectivity index (χ2v) is 8.76. The number of hydrogen-bond acceptors (Lipinski definition) is 5. The summed E-state index contributed by atoms with van der Waals surface area (Å²) in [6.45, 7) is 3.90. The lowest BCUT2D eigenvalue weighted by Crippen LogP contribution is -2.58. The summed E-state index contributed by atoms with van der Waals surface area (Å²) in [4.78, 5) is 52.9. The Bertz CT molecular complexity index is 1030. The number of rotatable bonds is 11. The third-order valence-corrected chi connectivity index (χ3v) is 6.32. The molecule has 184 valence electrons. The Morgan fingerprint density at radius 1 is 1.15 bits per heavy atom. The largest absolute Gasteiger partial charge is 0.480 e. The van der Waals surface area contributed by atoms with Crippen molar-refractivity contribution in [2.45, 2.75) is 57.7 Å². The number of aromatic amines is 1. The molecule has 3 amide bonds. The van der Waals surface area contributed by atoms with E-state index in [1.165, 1.54) is 0 Å². The van der Waals surface area contributed by atoms with Crippen LogP contribution >= 0.6 is 0 Å². The number of carbonyl (C=O) groups excluding carboxylic acids is 3. The quantitative estimate of drug-likeness (QED) is 0.283. The fraction of sp³-hybridized carbons (Fsp3) is 0.500. The third kappa shape index (κ3) is 6.34. The lowest BCUT2D eigenvalue weighted by Gasteiger charge is -2.27. The molecule has 4 atom stereocenters. The maximum absolute atomic E-state index is 13.4. The van der Waals surface area contributed by atoms with Crippen molar-refractivity contribution in [3.8, 4) is 0 Å². The van der Waals surface area contributed by atoms with Crippen molar-refractivity contribution in [3.63, 3.8) is 0 Å². The number of carbonyl (C=O) groups is 4. The number of amides is 3. The summed E-state index contributed by atoms with van der Waals surface area (Å²) in [5, 5.41) is 20.9. The monoisotopic (exact) mass is 471 g/mol. The molecule has 1 fully saturated rings. The lowest BCUT2D eigenvalue weighted by atomic mass is 9.97. The molecule has 10 heteroatoms. The van der Waals surface area contributed by atoms with Gasteiger partial charge < -0.3 is 31.4 Å². The first-order chi connectivity index (χ1) is 16.3. The Kier molecular flexibility index (Phi) is 8.64. The molecule has 1 aromatic heterocycles. The molecule has 10 nitrogen and oxygen atoms in total. The van der Waals surface area contributed by atoms with Gasteiger partial charge in [0.15, 0.2) is 0 Å². The van der Waals surface area contributed by atoms with E-state index in [2.05, 4.69) is 26.3 Å². The molecular formula is C24H33N5O5. The minimum atomic E-state index is -1.17. The van der Waals surface area contributed by atoms with Crippen LogP contribution in [0.2, 0.25) is 0 Å². The van der Waals surface area contributed by atoms with Crippen LogP contribution in [0.4, 0.5) is 0 Å². The van der Waals surface area contributed by atoms with Crippen LogP contribution in [0.3, 0.4) is 0 Å². The van der Waals surface area contributed by atoms with E-state index >= 15 is 0 Å². The molecule has 0 saturated carbocycles. The first-order valence-corrected chi connectivity index (χ1v) is 11.7. The summed E-state index contributed by atoms with van der Waals surface area (Å²) in [6, 6.07) is 5.49. The third-order valence-electron chi connectivity index (χ3n) is 6.32. The Morgan fingerprint density at radius 3 is 2.59 bits per heavy atom. The Hall–Kier alpha value is -3.40. The summed E-state index contributed by atoms with van der Waals surface area (Å²) in [5.74, 6) is -2.73. The summed E-state index contributed by atoms with van der Waals surface area (Å²) in [7, 11) is 0. The molecule has 0 spiro atoms. The van der Waals surface area contributed by atoms with Crippen LogP contribution in [-0.2, 0) is 25.6 Å². The number of nitrogens with one attached hydrogen (secondary N) is 5. The van der Waals surface area contributed by atoms with E-state index in [0.717, 1.165) is 29.4 Å². The highest BCUT2D eigenvalue weighted by Crippen LogP contribution is 2.20. The maximum Gasteiger partial charge on any atom is 0.322 e. The van der Waals surface area contributed by atoms with Gasteiger partial charge in [-0.3, -0.25) is 19.2 Å². The standard InChI is InChI=1S/C24H33N5O5/c1-3-14(2)21(24(34)27-13-20(30)31)29-23(33)19(28-22(32)18-9-6-10-25-18)11-15-12-26-17-8-5-4-7-16(15)17/h4-5,7-8,12,14,18-19,21,25-26H,3,6,9-11,13H2,1-2H3,(H,27,34)(H,28,32)(H,29,33)(H,30,31). The first-order valence-electron chi connectivity index (χ1n) is 11.7. The van der Waals surface area contributed by atoms with Crippen molar-refractivity contribution in [1.29, 1.82) is 0 Å². The molecule has 2 heterocycles. The zero-order valence-corrected chi connectivity index (χ0v) is 19.5. The molecule has 1 aliphatic heterocycles. The van der Waals surface area contributed by atoms with Gasteiger partial charge in [-0.05, 0) is 36.9 Å². The van der Waals surface area contributed by atoms with Gasteiger partial charge in [0, 0.05) is 23.5 Å². The number of carboxylic acids is 1. The van der Waals surface area contributed by atoms with E-state index in [-0.39, 0.29) is 24.3 Å². The van der Waals surface area contributed by atoms with E-state index in [1.807, 2.05) is 37.4 Å². The van der Waals surface area contributed by atoms with Gasteiger partial charge in [0.05, 0.1) is 6.04 Å². The van der Waals surface area contributed by atoms with Crippen LogP contribution in [0.1, 0.15) is 38.7 Å². The van der Waals surface area contributed by atoms with Gasteiger partial charge in [-0.2, -0.15) is 0 Å². The molecule has 6 N–H and O–H groups in total. The number of hydrogen-bond donors (Lipinski definition) is 6. The zero-order chi connectivity index (χ0) is 24.7. The molecular weight excluding hydrogens is 438 g/mol. The summed E-state index contributed by atoms with van der Waals surface area (Å²) in [6.07, 6.45) is 4.23. The van der Waals surface area contributed by atoms with Crippen LogP contribution in [0.15, 0.2) is 30.5 Å². The highest BCUT2D eigenvalue weighted by molar-refractivity contribution is 5.94. The molecule has 4 unspecified atom stereocenters. The van der Waals surface area contributed by atoms with Crippen molar-refractivity contribution in [1.82, 2.24) is 26.3 Å². The average molecular weight is 472 g/mol. The van der Waals surface area contributed by atoms with E-state index in [9.17, 15) is 19.2 Å². The number of H-pyrrole nitrogens is 1. The number of fused-ring (bicyclic) bond motifs is 1. The van der Waals surface area contributed by atoms with Crippen LogP contribution in [-0.4, -0.2) is 65.0 Å². The van der Waals surface area contributed by atoms with E-state index < -0.39 is 36.4 Å². The minimum Gasteiger partial charge on any atom is -0.480 e. The fourth-order valence-corrected chi connectivity index (χ4v) is 4.14. The zero-order valence-electron chi connectivity index (χ0n) is 19.5. The predicted octanol–water partition coefficient (Wildman–Crippen LogP) is 0.679. The van der Waals surface area contributed by atoms with Crippen LogP contribution < -0.4 is 21.3 Å². The molecule has 3 rings (SSSR count). The topological polar surface area (TPSA) is 152 Å². The van der Waals surface area contributed by atoms with E-state index in [4.69, 9.17) is 5.11 Å². The number of aliphatic carboxylic acids is 1. The van der Waals surface area contributed by atoms with Gasteiger partial charge in [0.2, 0.25) is 17.7 Å². The fourth-order valence-electron chi connectivity index (χ4n) is 4.14. The first kappa shape index (κ1) is 25.2. The van der Waals surface area contributed by atoms with E-state index in [0.29, 0.717) is 12.8 Å². The Balaban J connectivity index is 1.80. The summed E-state index contributed by atoms with van der Waals surface area (Å²) >= 11 is 0. The Labute approximate surface area is 198 Å². The molecule has 0 radical (unpaired) electrons. The molecule has 1 saturated heterocycles. The van der Waals surface area contributed by atoms with Gasteiger partial charge in [-0.15, -0.1) is 0 Å². The highest BCUT2D eigenvalue weighted by atomic mass is 16.4. The van der Waals surface area contributed by atoms with Crippen molar-refractivity contribution < 1.29 is 24.3 Å². The SMILES string of the molecule is CCC(C)C(NC(=O)C(Cc1c[nH]c2ccccc12)NC(=O)C1CCCN1)C(=O)NCC(=O)O. The molecule has 0 bridgehead atoms. The normalized spacial score (nSPS) is 18.1. The highest BCUT2D eigenvalue weighted by Gasteiger charge is 2.32. The molecule has 2 aromatic rings. The number of para-hydroxylation sites is 1. The predicted molar refractivity (Wildman–Crippen MR) is 127 cm³/mol. The van der Waals surface area contributed by atoms with Gasteiger partial charge in [0.25, 0.3) is 0 Å².